The average Bonchev–Trinajstić information content (AvgIpc) is 3.12. The summed E-state index contributed by atoms with van der Waals surface area (Å²) in [6, 6.07) is 10.1. The van der Waals surface area contributed by atoms with Crippen LogP contribution in [0, 0.1) is 6.92 Å². The van der Waals surface area contributed by atoms with E-state index >= 15 is 0 Å². The van der Waals surface area contributed by atoms with Gasteiger partial charge in [-0.25, -0.2) is 14.5 Å². The molecule has 1 saturated heterocycles. The van der Waals surface area contributed by atoms with E-state index in [-0.39, 0.29) is 5.75 Å². The molecule has 0 unspecified atom stereocenters. The van der Waals surface area contributed by atoms with Gasteiger partial charge in [0.1, 0.15) is 23.0 Å². The quantitative estimate of drug-likeness (QED) is 0.525. The Morgan fingerprint density at radius 2 is 1.84 bits per heavy atom. The lowest BCUT2D eigenvalue weighted by atomic mass is 10.1. The van der Waals surface area contributed by atoms with Gasteiger partial charge in [-0.15, -0.1) is 10.2 Å². The molecule has 5 rings (SSSR count). The molecule has 9 nitrogen and oxygen atoms in total. The Bertz CT molecular complexity index is 1230. The smallest absolute Gasteiger partial charge is 0.155 e. The number of nitrogens with zero attached hydrogens (tertiary/aromatic N) is 7. The second-order valence-electron chi connectivity index (χ2n) is 8.12. The number of hydrogen-bond donors (Lipinski definition) is 2. The normalized spacial score (nSPS) is 19.1. The van der Waals surface area contributed by atoms with E-state index in [1.54, 1.807) is 16.8 Å². The van der Waals surface area contributed by atoms with Gasteiger partial charge < -0.3 is 15.3 Å². The van der Waals surface area contributed by atoms with Crippen LogP contribution in [0.4, 0.5) is 5.82 Å². The number of aromatic nitrogens is 6. The van der Waals surface area contributed by atoms with E-state index in [9.17, 15) is 5.11 Å². The maximum absolute atomic E-state index is 10.6. The van der Waals surface area contributed by atoms with Gasteiger partial charge in [0.25, 0.3) is 0 Å². The van der Waals surface area contributed by atoms with Gasteiger partial charge in [-0.2, -0.15) is 5.10 Å². The molecule has 31 heavy (non-hydrogen) atoms. The molecule has 0 bridgehead atoms. The number of rotatable bonds is 3. The fourth-order valence-corrected chi connectivity index (χ4v) is 4.11. The third-order valence-corrected chi connectivity index (χ3v) is 5.41. The van der Waals surface area contributed by atoms with Crippen LogP contribution in [-0.2, 0) is 0 Å². The fourth-order valence-electron chi connectivity index (χ4n) is 4.11. The summed E-state index contributed by atoms with van der Waals surface area (Å²) < 4.78 is 1.72. The lowest BCUT2D eigenvalue weighted by Gasteiger charge is -2.36. The molecule has 0 radical (unpaired) electrons. The van der Waals surface area contributed by atoms with Crippen LogP contribution in [0.1, 0.15) is 19.7 Å². The highest BCUT2D eigenvalue weighted by Gasteiger charge is 2.22. The van der Waals surface area contributed by atoms with Crippen molar-refractivity contribution in [1.82, 2.24) is 35.1 Å². The van der Waals surface area contributed by atoms with Crippen molar-refractivity contribution < 1.29 is 5.11 Å². The Labute approximate surface area is 179 Å². The van der Waals surface area contributed by atoms with Crippen LogP contribution in [0.25, 0.3) is 28.2 Å². The molecule has 0 aliphatic carbocycles. The van der Waals surface area contributed by atoms with Gasteiger partial charge in [0, 0.05) is 48.7 Å². The summed E-state index contributed by atoms with van der Waals surface area (Å²) in [5, 5.41) is 27.2. The number of pyridine rings is 2. The number of piperazine rings is 1. The zero-order chi connectivity index (χ0) is 21.5. The van der Waals surface area contributed by atoms with Crippen LogP contribution in [-0.4, -0.2) is 60.1 Å². The molecule has 1 fully saturated rings. The van der Waals surface area contributed by atoms with Crippen molar-refractivity contribution >= 4 is 11.5 Å². The molecule has 5 heterocycles. The molecule has 1 aliphatic rings. The summed E-state index contributed by atoms with van der Waals surface area (Å²) in [5.74, 6) is 1.59. The van der Waals surface area contributed by atoms with E-state index in [0.717, 1.165) is 35.7 Å². The number of aryl methyl sites for hydroxylation is 1. The predicted octanol–water partition coefficient (Wildman–Crippen LogP) is 2.45. The molecule has 0 aromatic carbocycles. The standard InChI is InChI=1S/C22H24N8O/c1-13-10-29(11-14(2)24-13)21-7-5-18(26-27-21)22-19(31)8-17(9-23-22)16-4-6-20-25-15(3)28-30(20)12-16/h4-9,12-14,24,31H,10-11H2,1-3H3/t13-,14+. The molecule has 158 valence electrons. The molecule has 0 amide bonds. The SMILES string of the molecule is Cc1nc2ccc(-c3cnc(-c4ccc(N5C[C@@H](C)N[C@@H](C)C5)nn4)c(O)c3)cn2n1. The largest absolute Gasteiger partial charge is 0.506 e. The zero-order valence-electron chi connectivity index (χ0n) is 17.7. The molecule has 2 N–H and O–H groups in total. The molecular formula is C22H24N8O. The molecule has 4 aromatic rings. The number of aromatic hydroxyl groups is 1. The lowest BCUT2D eigenvalue weighted by molar-refractivity contribution is 0.404. The summed E-state index contributed by atoms with van der Waals surface area (Å²) in [6.45, 7) is 7.94. The van der Waals surface area contributed by atoms with Gasteiger partial charge in [0.05, 0.1) is 0 Å². The Balaban J connectivity index is 1.40. The van der Waals surface area contributed by atoms with Crippen LogP contribution in [0.3, 0.4) is 0 Å². The van der Waals surface area contributed by atoms with E-state index in [1.807, 2.05) is 37.4 Å². The van der Waals surface area contributed by atoms with Crippen molar-refractivity contribution in [3.63, 3.8) is 0 Å². The second-order valence-corrected chi connectivity index (χ2v) is 8.12. The Hall–Kier alpha value is -3.59. The highest BCUT2D eigenvalue weighted by atomic mass is 16.3. The minimum Gasteiger partial charge on any atom is -0.506 e. The van der Waals surface area contributed by atoms with Gasteiger partial charge in [0.2, 0.25) is 0 Å². The summed E-state index contributed by atoms with van der Waals surface area (Å²) in [6.07, 6.45) is 3.59. The Morgan fingerprint density at radius 1 is 1.03 bits per heavy atom. The number of hydrogen-bond acceptors (Lipinski definition) is 8. The highest BCUT2D eigenvalue weighted by Crippen LogP contribution is 2.30. The first kappa shape index (κ1) is 19.4. The Morgan fingerprint density at radius 3 is 2.55 bits per heavy atom. The summed E-state index contributed by atoms with van der Waals surface area (Å²) in [5.41, 5.74) is 3.38. The first-order chi connectivity index (χ1) is 15.0. The third kappa shape index (κ3) is 3.79. The van der Waals surface area contributed by atoms with E-state index in [1.165, 1.54) is 0 Å². The molecular weight excluding hydrogens is 392 g/mol. The van der Waals surface area contributed by atoms with Gasteiger partial charge in [-0.05, 0) is 51.1 Å². The number of anilines is 1. The van der Waals surface area contributed by atoms with E-state index < -0.39 is 0 Å². The predicted molar refractivity (Wildman–Crippen MR) is 118 cm³/mol. The van der Waals surface area contributed by atoms with Crippen LogP contribution in [0.15, 0.2) is 42.7 Å². The van der Waals surface area contributed by atoms with Crippen molar-refractivity contribution in [1.29, 1.82) is 0 Å². The minimum atomic E-state index is 0.0545. The van der Waals surface area contributed by atoms with Crippen molar-refractivity contribution in [2.45, 2.75) is 32.9 Å². The summed E-state index contributed by atoms with van der Waals surface area (Å²) in [7, 11) is 0. The van der Waals surface area contributed by atoms with Crippen LogP contribution in [0.2, 0.25) is 0 Å². The molecule has 4 aromatic heterocycles. The van der Waals surface area contributed by atoms with Crippen molar-refractivity contribution in [3.8, 4) is 28.3 Å². The van der Waals surface area contributed by atoms with E-state index in [0.29, 0.717) is 29.3 Å². The number of nitrogens with one attached hydrogen (secondary N) is 1. The maximum Gasteiger partial charge on any atom is 0.155 e. The van der Waals surface area contributed by atoms with Gasteiger partial charge >= 0.3 is 0 Å². The minimum absolute atomic E-state index is 0.0545. The Kier molecular flexibility index (Phi) is 4.74. The van der Waals surface area contributed by atoms with Crippen LogP contribution >= 0.6 is 0 Å². The molecule has 0 spiro atoms. The van der Waals surface area contributed by atoms with Crippen LogP contribution in [0.5, 0.6) is 5.75 Å². The van der Waals surface area contributed by atoms with Crippen molar-refractivity contribution in [2.75, 3.05) is 18.0 Å². The first-order valence-corrected chi connectivity index (χ1v) is 10.3. The van der Waals surface area contributed by atoms with Gasteiger partial charge in [0.15, 0.2) is 11.5 Å². The molecule has 2 atom stereocenters. The van der Waals surface area contributed by atoms with Crippen molar-refractivity contribution in [2.24, 2.45) is 0 Å². The van der Waals surface area contributed by atoms with Gasteiger partial charge in [-0.1, -0.05) is 0 Å². The fraction of sp³-hybridized carbons (Fsp3) is 0.318. The average molecular weight is 416 g/mol. The molecule has 1 aliphatic heterocycles. The van der Waals surface area contributed by atoms with E-state index in [2.05, 4.69) is 49.3 Å². The van der Waals surface area contributed by atoms with Gasteiger partial charge in [-0.3, -0.25) is 0 Å². The zero-order valence-corrected chi connectivity index (χ0v) is 17.7. The summed E-state index contributed by atoms with van der Waals surface area (Å²) in [4.78, 5) is 11.0. The molecule has 9 heteroatoms. The lowest BCUT2D eigenvalue weighted by Crippen LogP contribution is -2.54. The topological polar surface area (TPSA) is 104 Å². The second kappa shape index (κ2) is 7.59. The van der Waals surface area contributed by atoms with Crippen molar-refractivity contribution in [3.05, 3.63) is 48.5 Å². The van der Waals surface area contributed by atoms with E-state index in [4.69, 9.17) is 0 Å². The maximum atomic E-state index is 10.6. The third-order valence-electron chi connectivity index (χ3n) is 5.41. The first-order valence-electron chi connectivity index (χ1n) is 10.3. The summed E-state index contributed by atoms with van der Waals surface area (Å²) >= 11 is 0. The highest BCUT2D eigenvalue weighted by molar-refractivity contribution is 5.71. The number of fused-ring (bicyclic) bond motifs is 1. The monoisotopic (exact) mass is 416 g/mol. The molecule has 0 saturated carbocycles. The van der Waals surface area contributed by atoms with Crippen LogP contribution < -0.4 is 10.2 Å².